The Morgan fingerprint density at radius 3 is 2.56 bits per heavy atom. The monoisotopic (exact) mass is 218 g/mol. The van der Waals surface area contributed by atoms with Crippen molar-refractivity contribution in [3.8, 4) is 11.4 Å². The molecular formula is C11H14N4O. The number of hydrogen-bond acceptors (Lipinski definition) is 4. The fourth-order valence-corrected chi connectivity index (χ4v) is 1.51. The van der Waals surface area contributed by atoms with Gasteiger partial charge in [-0.25, -0.2) is 9.67 Å². The van der Waals surface area contributed by atoms with Crippen LogP contribution in [0.5, 0.6) is 5.75 Å². The van der Waals surface area contributed by atoms with Crippen molar-refractivity contribution in [1.82, 2.24) is 14.8 Å². The Morgan fingerprint density at radius 2 is 2.00 bits per heavy atom. The van der Waals surface area contributed by atoms with E-state index in [1.165, 1.54) is 0 Å². The molecule has 1 heterocycles. The lowest BCUT2D eigenvalue weighted by Crippen LogP contribution is -2.02. The predicted octanol–water partition coefficient (Wildman–Crippen LogP) is 0.994. The Balaban J connectivity index is 2.45. The topological polar surface area (TPSA) is 77.0 Å². The summed E-state index contributed by atoms with van der Waals surface area (Å²) < 4.78 is 1.75. The van der Waals surface area contributed by atoms with Crippen molar-refractivity contribution in [3.05, 3.63) is 35.9 Å². The molecule has 1 aromatic carbocycles. The summed E-state index contributed by atoms with van der Waals surface area (Å²) in [5.41, 5.74) is 6.39. The molecule has 0 saturated heterocycles. The van der Waals surface area contributed by atoms with Gasteiger partial charge in [-0.15, -0.1) is 5.10 Å². The molecular weight excluding hydrogens is 204 g/mol. The molecule has 0 spiro atoms. The third-order valence-electron chi connectivity index (χ3n) is 2.31. The normalized spacial score (nSPS) is 10.6. The smallest absolute Gasteiger partial charge is 0.164 e. The molecule has 2 aromatic rings. The van der Waals surface area contributed by atoms with Gasteiger partial charge in [-0.2, -0.15) is 0 Å². The van der Waals surface area contributed by atoms with Crippen molar-refractivity contribution in [1.29, 1.82) is 0 Å². The second kappa shape index (κ2) is 4.32. The fraction of sp³-hybridized carbons (Fsp3) is 0.273. The zero-order valence-electron chi connectivity index (χ0n) is 9.09. The molecule has 5 nitrogen and oxygen atoms in total. The number of phenolic OH excluding ortho intramolecular Hbond substituents is 1. The van der Waals surface area contributed by atoms with Crippen molar-refractivity contribution in [3.63, 3.8) is 0 Å². The van der Waals surface area contributed by atoms with Crippen LogP contribution in [-0.4, -0.2) is 19.9 Å². The summed E-state index contributed by atoms with van der Waals surface area (Å²) in [6, 6.07) is 6.84. The number of nitrogens with two attached hydrogens (primary N) is 1. The van der Waals surface area contributed by atoms with Crippen LogP contribution in [0.1, 0.15) is 18.6 Å². The van der Waals surface area contributed by atoms with Gasteiger partial charge in [0.25, 0.3) is 0 Å². The van der Waals surface area contributed by atoms with E-state index >= 15 is 0 Å². The lowest BCUT2D eigenvalue weighted by Gasteiger charge is -2.03. The first-order valence-electron chi connectivity index (χ1n) is 5.19. The SMILES string of the molecule is CCc1nc(CN)nn1-c1ccc(O)cc1. The van der Waals surface area contributed by atoms with Crippen molar-refractivity contribution >= 4 is 0 Å². The highest BCUT2D eigenvalue weighted by molar-refractivity contribution is 5.36. The van der Waals surface area contributed by atoms with Crippen molar-refractivity contribution in [2.24, 2.45) is 5.73 Å². The Bertz CT molecular complexity index is 475. The van der Waals surface area contributed by atoms with E-state index in [0.717, 1.165) is 17.9 Å². The Labute approximate surface area is 93.5 Å². The van der Waals surface area contributed by atoms with E-state index in [9.17, 15) is 5.11 Å². The number of aromatic hydroxyl groups is 1. The first-order valence-corrected chi connectivity index (χ1v) is 5.19. The highest BCUT2D eigenvalue weighted by atomic mass is 16.3. The molecule has 0 unspecified atom stereocenters. The second-order valence-corrected chi connectivity index (χ2v) is 3.43. The zero-order valence-corrected chi connectivity index (χ0v) is 9.09. The number of phenols is 1. The molecule has 0 radical (unpaired) electrons. The maximum absolute atomic E-state index is 9.22. The van der Waals surface area contributed by atoms with Crippen LogP contribution in [0.15, 0.2) is 24.3 Å². The quantitative estimate of drug-likeness (QED) is 0.805. The summed E-state index contributed by atoms with van der Waals surface area (Å²) in [5, 5.41) is 13.5. The summed E-state index contributed by atoms with van der Waals surface area (Å²) >= 11 is 0. The second-order valence-electron chi connectivity index (χ2n) is 3.43. The van der Waals surface area contributed by atoms with Crippen LogP contribution in [0.3, 0.4) is 0 Å². The van der Waals surface area contributed by atoms with Gasteiger partial charge in [0.15, 0.2) is 5.82 Å². The van der Waals surface area contributed by atoms with Crippen LogP contribution in [0.25, 0.3) is 5.69 Å². The van der Waals surface area contributed by atoms with Gasteiger partial charge >= 0.3 is 0 Å². The van der Waals surface area contributed by atoms with E-state index in [0.29, 0.717) is 12.4 Å². The third kappa shape index (κ3) is 1.90. The average molecular weight is 218 g/mol. The van der Waals surface area contributed by atoms with Crippen molar-refractivity contribution in [2.75, 3.05) is 0 Å². The maximum Gasteiger partial charge on any atom is 0.164 e. The van der Waals surface area contributed by atoms with Gasteiger partial charge in [0, 0.05) is 6.42 Å². The molecule has 0 atom stereocenters. The minimum atomic E-state index is 0.237. The van der Waals surface area contributed by atoms with E-state index in [4.69, 9.17) is 5.73 Å². The molecule has 3 N–H and O–H groups in total. The zero-order chi connectivity index (χ0) is 11.5. The Hall–Kier alpha value is -1.88. The van der Waals surface area contributed by atoms with Gasteiger partial charge in [-0.1, -0.05) is 6.92 Å². The van der Waals surface area contributed by atoms with Crippen LogP contribution in [0.2, 0.25) is 0 Å². The van der Waals surface area contributed by atoms with Gasteiger partial charge in [0.05, 0.1) is 12.2 Å². The molecule has 0 aliphatic carbocycles. The highest BCUT2D eigenvalue weighted by Gasteiger charge is 2.08. The number of hydrogen-bond donors (Lipinski definition) is 2. The lowest BCUT2D eigenvalue weighted by molar-refractivity contribution is 0.475. The minimum Gasteiger partial charge on any atom is -0.508 e. The predicted molar refractivity (Wildman–Crippen MR) is 60.3 cm³/mol. The lowest BCUT2D eigenvalue weighted by atomic mass is 10.3. The first-order chi connectivity index (χ1) is 7.74. The van der Waals surface area contributed by atoms with E-state index < -0.39 is 0 Å². The maximum atomic E-state index is 9.22. The summed E-state index contributed by atoms with van der Waals surface area (Å²) in [6.07, 6.45) is 0.786. The molecule has 5 heteroatoms. The fourth-order valence-electron chi connectivity index (χ4n) is 1.51. The van der Waals surface area contributed by atoms with E-state index in [-0.39, 0.29) is 5.75 Å². The molecule has 16 heavy (non-hydrogen) atoms. The van der Waals surface area contributed by atoms with Crippen LogP contribution < -0.4 is 5.73 Å². The van der Waals surface area contributed by atoms with Crippen LogP contribution >= 0.6 is 0 Å². The molecule has 0 aliphatic heterocycles. The number of aryl methyl sites for hydroxylation is 1. The van der Waals surface area contributed by atoms with E-state index in [1.54, 1.807) is 28.9 Å². The Kier molecular flexibility index (Phi) is 2.87. The number of rotatable bonds is 3. The van der Waals surface area contributed by atoms with Crippen LogP contribution in [-0.2, 0) is 13.0 Å². The first kappa shape index (κ1) is 10.6. The number of aromatic nitrogens is 3. The molecule has 0 aliphatic rings. The average Bonchev–Trinajstić information content (AvgIpc) is 2.73. The van der Waals surface area contributed by atoms with Gasteiger partial charge in [-0.05, 0) is 24.3 Å². The molecule has 84 valence electrons. The summed E-state index contributed by atoms with van der Waals surface area (Å²) in [7, 11) is 0. The Morgan fingerprint density at radius 1 is 1.31 bits per heavy atom. The third-order valence-corrected chi connectivity index (χ3v) is 2.31. The summed E-state index contributed by atoms with van der Waals surface area (Å²) in [6.45, 7) is 2.35. The van der Waals surface area contributed by atoms with Crippen LogP contribution in [0.4, 0.5) is 0 Å². The van der Waals surface area contributed by atoms with Gasteiger partial charge < -0.3 is 10.8 Å². The molecule has 0 saturated carbocycles. The molecule has 2 rings (SSSR count). The van der Waals surface area contributed by atoms with Crippen LogP contribution in [0, 0.1) is 0 Å². The number of benzene rings is 1. The van der Waals surface area contributed by atoms with E-state index in [1.807, 2.05) is 6.92 Å². The van der Waals surface area contributed by atoms with E-state index in [2.05, 4.69) is 10.1 Å². The highest BCUT2D eigenvalue weighted by Crippen LogP contribution is 2.14. The number of nitrogens with zero attached hydrogens (tertiary/aromatic N) is 3. The largest absolute Gasteiger partial charge is 0.508 e. The van der Waals surface area contributed by atoms with Gasteiger partial charge in [0.1, 0.15) is 11.6 Å². The molecule has 0 amide bonds. The molecule has 0 fully saturated rings. The van der Waals surface area contributed by atoms with Crippen molar-refractivity contribution < 1.29 is 5.11 Å². The van der Waals surface area contributed by atoms with Gasteiger partial charge in [0.2, 0.25) is 0 Å². The molecule has 1 aromatic heterocycles. The minimum absolute atomic E-state index is 0.237. The molecule has 0 bridgehead atoms. The summed E-state index contributed by atoms with van der Waals surface area (Å²) in [4.78, 5) is 4.31. The summed E-state index contributed by atoms with van der Waals surface area (Å²) in [5.74, 6) is 1.73. The standard InChI is InChI=1S/C11H14N4O/c1-2-11-13-10(7-12)14-15(11)8-3-5-9(16)6-4-8/h3-6,16H,2,7,12H2,1H3. The van der Waals surface area contributed by atoms with Crippen molar-refractivity contribution in [2.45, 2.75) is 19.9 Å². The van der Waals surface area contributed by atoms with Gasteiger partial charge in [-0.3, -0.25) is 0 Å².